The molecule has 0 unspecified atom stereocenters. The number of fused-ring (bicyclic) bond motifs is 1. The minimum atomic E-state index is -0.554. The normalized spacial score (nSPS) is 10.8. The Morgan fingerprint density at radius 3 is 2.67 bits per heavy atom. The molecule has 0 radical (unpaired) electrons. The van der Waals surface area contributed by atoms with Crippen LogP contribution >= 0.6 is 0 Å². The number of carbonyl (C=O) groups is 1. The van der Waals surface area contributed by atoms with E-state index >= 15 is 0 Å². The lowest BCUT2D eigenvalue weighted by Crippen LogP contribution is -2.12. The Bertz CT molecular complexity index is 839. The van der Waals surface area contributed by atoms with Gasteiger partial charge in [-0.2, -0.15) is 0 Å². The van der Waals surface area contributed by atoms with Crippen molar-refractivity contribution in [2.75, 3.05) is 7.11 Å². The number of imidazole rings is 1. The minimum Gasteiger partial charge on any atom is -0.463 e. The summed E-state index contributed by atoms with van der Waals surface area (Å²) >= 11 is 0. The van der Waals surface area contributed by atoms with E-state index in [4.69, 9.17) is 4.74 Å². The van der Waals surface area contributed by atoms with Gasteiger partial charge in [0.05, 0.1) is 18.1 Å². The van der Waals surface area contributed by atoms with Gasteiger partial charge in [0.1, 0.15) is 11.6 Å². The number of carbonyl (C=O) groups excluding carboxylic acids is 1. The van der Waals surface area contributed by atoms with Gasteiger partial charge in [-0.05, 0) is 26.0 Å². The Morgan fingerprint density at radius 2 is 1.90 bits per heavy atom. The number of methoxy groups -OCH3 is 1. The van der Waals surface area contributed by atoms with Gasteiger partial charge >= 0.3 is 5.97 Å². The highest BCUT2D eigenvalue weighted by atomic mass is 16.5. The Kier molecular flexibility index (Phi) is 3.13. The van der Waals surface area contributed by atoms with E-state index in [-0.39, 0.29) is 5.82 Å². The number of nitrogens with zero attached hydrogens (tertiary/aromatic N) is 4. The molecule has 0 amide bonds. The third-order valence-corrected chi connectivity index (χ3v) is 3.17. The van der Waals surface area contributed by atoms with Crippen LogP contribution in [0.15, 0.2) is 30.3 Å². The van der Waals surface area contributed by atoms with Crippen molar-refractivity contribution in [1.82, 2.24) is 19.5 Å². The molecule has 6 nitrogen and oxygen atoms in total. The maximum atomic E-state index is 11.7. The summed E-state index contributed by atoms with van der Waals surface area (Å²) in [6, 6.07) is 9.59. The van der Waals surface area contributed by atoms with E-state index in [1.807, 2.05) is 48.7 Å². The fourth-order valence-electron chi connectivity index (χ4n) is 2.28. The van der Waals surface area contributed by atoms with Gasteiger partial charge in [0.25, 0.3) is 0 Å². The molecule has 0 aliphatic heterocycles. The summed E-state index contributed by atoms with van der Waals surface area (Å²) in [7, 11) is 1.31. The third-order valence-electron chi connectivity index (χ3n) is 3.17. The van der Waals surface area contributed by atoms with Crippen LogP contribution in [0.1, 0.15) is 22.1 Å². The molecule has 0 N–H and O–H groups in total. The molecule has 2 aromatic heterocycles. The van der Waals surface area contributed by atoms with Crippen LogP contribution in [0.4, 0.5) is 0 Å². The Morgan fingerprint density at radius 1 is 1.14 bits per heavy atom. The molecule has 106 valence electrons. The van der Waals surface area contributed by atoms with Gasteiger partial charge in [0.15, 0.2) is 0 Å². The fraction of sp³-hybridized carbons (Fsp3) is 0.200. The molecule has 0 spiro atoms. The summed E-state index contributed by atoms with van der Waals surface area (Å²) in [5.74, 6) is 0.894. The first-order valence-electron chi connectivity index (χ1n) is 6.48. The van der Waals surface area contributed by atoms with Gasteiger partial charge in [-0.15, -0.1) is 0 Å². The number of hydrogen-bond acceptors (Lipinski definition) is 5. The van der Waals surface area contributed by atoms with Gasteiger partial charge in [-0.3, -0.25) is 4.57 Å². The standard InChI is InChI=1S/C15H14N4O2/c1-9-8-13(18-14(16-9)15(20)21-3)19-10(2)17-11-6-4-5-7-12(11)19/h4-8H,1-3H3. The second-order valence-electron chi connectivity index (χ2n) is 4.67. The quantitative estimate of drug-likeness (QED) is 0.674. The molecule has 0 aliphatic carbocycles. The first-order valence-corrected chi connectivity index (χ1v) is 6.48. The molecule has 0 aliphatic rings. The molecule has 0 saturated carbocycles. The highest BCUT2D eigenvalue weighted by molar-refractivity contribution is 5.85. The van der Waals surface area contributed by atoms with Crippen LogP contribution in [0.2, 0.25) is 0 Å². The molecule has 21 heavy (non-hydrogen) atoms. The van der Waals surface area contributed by atoms with Gasteiger partial charge in [-0.1, -0.05) is 12.1 Å². The zero-order valence-electron chi connectivity index (χ0n) is 12.0. The van der Waals surface area contributed by atoms with Gasteiger partial charge in [-0.25, -0.2) is 19.7 Å². The number of benzene rings is 1. The smallest absolute Gasteiger partial charge is 0.376 e. The highest BCUT2D eigenvalue weighted by Gasteiger charge is 2.15. The van der Waals surface area contributed by atoms with Crippen LogP contribution in [0.3, 0.4) is 0 Å². The number of para-hydroxylation sites is 2. The lowest BCUT2D eigenvalue weighted by Gasteiger charge is -2.08. The van der Waals surface area contributed by atoms with Crippen molar-refractivity contribution in [3.05, 3.63) is 47.7 Å². The predicted octanol–water partition coefficient (Wildman–Crippen LogP) is 2.22. The van der Waals surface area contributed by atoms with Crippen LogP contribution < -0.4 is 0 Å². The van der Waals surface area contributed by atoms with Gasteiger partial charge in [0, 0.05) is 11.8 Å². The zero-order valence-corrected chi connectivity index (χ0v) is 12.0. The molecule has 0 saturated heterocycles. The van der Waals surface area contributed by atoms with E-state index in [0.717, 1.165) is 16.9 Å². The molecule has 2 heterocycles. The van der Waals surface area contributed by atoms with Crippen molar-refractivity contribution in [1.29, 1.82) is 0 Å². The topological polar surface area (TPSA) is 69.9 Å². The number of aryl methyl sites for hydroxylation is 2. The zero-order chi connectivity index (χ0) is 15.0. The second kappa shape index (κ2) is 4.97. The number of hydrogen-bond donors (Lipinski definition) is 0. The predicted molar refractivity (Wildman–Crippen MR) is 77.5 cm³/mol. The average Bonchev–Trinajstić information content (AvgIpc) is 2.81. The lowest BCUT2D eigenvalue weighted by molar-refractivity contribution is 0.0586. The summed E-state index contributed by atoms with van der Waals surface area (Å²) in [6.45, 7) is 3.71. The largest absolute Gasteiger partial charge is 0.463 e. The number of aromatic nitrogens is 4. The van der Waals surface area contributed by atoms with Crippen molar-refractivity contribution in [2.45, 2.75) is 13.8 Å². The molecule has 0 bridgehead atoms. The number of ether oxygens (including phenoxy) is 1. The fourth-order valence-corrected chi connectivity index (χ4v) is 2.28. The summed E-state index contributed by atoms with van der Waals surface area (Å²) in [5, 5.41) is 0. The van der Waals surface area contributed by atoms with Crippen LogP contribution in [0, 0.1) is 13.8 Å². The van der Waals surface area contributed by atoms with Crippen molar-refractivity contribution >= 4 is 17.0 Å². The van der Waals surface area contributed by atoms with Crippen LogP contribution in [0.5, 0.6) is 0 Å². The second-order valence-corrected chi connectivity index (χ2v) is 4.67. The van der Waals surface area contributed by atoms with E-state index in [1.165, 1.54) is 7.11 Å². The molecule has 0 fully saturated rings. The summed E-state index contributed by atoms with van der Waals surface area (Å²) in [6.07, 6.45) is 0. The van der Waals surface area contributed by atoms with E-state index in [2.05, 4.69) is 15.0 Å². The Balaban J connectivity index is 2.25. The first kappa shape index (κ1) is 13.2. The monoisotopic (exact) mass is 282 g/mol. The summed E-state index contributed by atoms with van der Waals surface area (Å²) in [5.41, 5.74) is 2.51. The van der Waals surface area contributed by atoms with Crippen molar-refractivity contribution in [3.8, 4) is 5.82 Å². The van der Waals surface area contributed by atoms with Gasteiger partial charge < -0.3 is 4.74 Å². The molecular weight excluding hydrogens is 268 g/mol. The number of esters is 1. The maximum absolute atomic E-state index is 11.7. The van der Waals surface area contributed by atoms with E-state index in [1.54, 1.807) is 0 Å². The number of rotatable bonds is 2. The van der Waals surface area contributed by atoms with Crippen molar-refractivity contribution in [2.24, 2.45) is 0 Å². The lowest BCUT2D eigenvalue weighted by atomic mass is 10.3. The van der Waals surface area contributed by atoms with Crippen LogP contribution in [-0.4, -0.2) is 32.6 Å². The highest BCUT2D eigenvalue weighted by Crippen LogP contribution is 2.20. The SMILES string of the molecule is COC(=O)c1nc(C)cc(-n2c(C)nc3ccccc32)n1. The Labute approximate surface area is 121 Å². The van der Waals surface area contributed by atoms with Crippen LogP contribution in [0.25, 0.3) is 16.9 Å². The third kappa shape index (κ3) is 2.24. The molecule has 3 aromatic rings. The first-order chi connectivity index (χ1) is 10.1. The minimum absolute atomic E-state index is 0.0460. The summed E-state index contributed by atoms with van der Waals surface area (Å²) in [4.78, 5) is 24.6. The van der Waals surface area contributed by atoms with E-state index < -0.39 is 5.97 Å². The molecule has 3 rings (SSSR count). The average molecular weight is 282 g/mol. The van der Waals surface area contributed by atoms with E-state index in [0.29, 0.717) is 11.5 Å². The van der Waals surface area contributed by atoms with E-state index in [9.17, 15) is 4.79 Å². The molecule has 6 heteroatoms. The molecule has 1 aromatic carbocycles. The molecular formula is C15H14N4O2. The van der Waals surface area contributed by atoms with Crippen molar-refractivity contribution < 1.29 is 9.53 Å². The van der Waals surface area contributed by atoms with Gasteiger partial charge in [0.2, 0.25) is 5.82 Å². The molecule has 0 atom stereocenters. The Hall–Kier alpha value is -2.76. The van der Waals surface area contributed by atoms with Crippen molar-refractivity contribution in [3.63, 3.8) is 0 Å². The maximum Gasteiger partial charge on any atom is 0.376 e. The summed E-state index contributed by atoms with van der Waals surface area (Å²) < 4.78 is 6.59. The van der Waals surface area contributed by atoms with Crippen LogP contribution in [-0.2, 0) is 4.74 Å².